The minimum atomic E-state index is -3.65. The number of sulfonamides is 1. The molecule has 24 heavy (non-hydrogen) atoms. The van der Waals surface area contributed by atoms with Crippen LogP contribution in [-0.4, -0.2) is 66.9 Å². The molecule has 1 saturated heterocycles. The maximum atomic E-state index is 12.6. The fraction of sp³-hybridized carbons (Fsp3) is 0.625. The molecule has 1 aromatic rings. The van der Waals surface area contributed by atoms with Crippen molar-refractivity contribution in [2.45, 2.75) is 18.2 Å². The molecule has 0 saturated carbocycles. The van der Waals surface area contributed by atoms with E-state index in [0.717, 1.165) is 44.8 Å². The Bertz CT molecular complexity index is 642. The predicted octanol–water partition coefficient (Wildman–Crippen LogP) is 1.01. The minimum absolute atomic E-state index is 0.0961. The molecule has 7 nitrogen and oxygen atoms in total. The lowest BCUT2D eigenvalue weighted by atomic mass is 10.2. The number of morpholine rings is 1. The molecule has 0 atom stereocenters. The third-order valence-electron chi connectivity index (χ3n) is 4.02. The van der Waals surface area contributed by atoms with Crippen LogP contribution in [0.1, 0.15) is 12.0 Å². The van der Waals surface area contributed by atoms with Crippen LogP contribution in [0.25, 0.3) is 0 Å². The molecule has 0 aliphatic carbocycles. The third kappa shape index (κ3) is 4.83. The van der Waals surface area contributed by atoms with Crippen LogP contribution >= 0.6 is 0 Å². The first-order valence-corrected chi connectivity index (χ1v) is 9.48. The molecule has 0 amide bonds. The van der Waals surface area contributed by atoms with E-state index in [0.29, 0.717) is 18.0 Å². The zero-order valence-corrected chi connectivity index (χ0v) is 15.3. The van der Waals surface area contributed by atoms with Gasteiger partial charge in [-0.25, -0.2) is 13.1 Å². The van der Waals surface area contributed by atoms with E-state index in [-0.39, 0.29) is 4.90 Å². The molecular weight excluding hydrogens is 332 g/mol. The third-order valence-corrected chi connectivity index (χ3v) is 5.50. The predicted molar refractivity (Wildman–Crippen MR) is 91.3 cm³/mol. The topological polar surface area (TPSA) is 77.1 Å². The summed E-state index contributed by atoms with van der Waals surface area (Å²) in [4.78, 5) is 2.37. The molecule has 1 aliphatic rings. The van der Waals surface area contributed by atoms with Crippen molar-refractivity contribution in [2.24, 2.45) is 0 Å². The van der Waals surface area contributed by atoms with Crippen molar-refractivity contribution in [1.82, 2.24) is 9.62 Å². The van der Waals surface area contributed by atoms with Crippen molar-refractivity contribution < 1.29 is 22.6 Å². The zero-order chi connectivity index (χ0) is 17.6. The molecule has 0 unspecified atom stereocenters. The Labute approximate surface area is 143 Å². The second kappa shape index (κ2) is 8.66. The summed E-state index contributed by atoms with van der Waals surface area (Å²) in [6.07, 6.45) is 0.741. The minimum Gasteiger partial charge on any atom is -0.496 e. The summed E-state index contributed by atoms with van der Waals surface area (Å²) < 4.78 is 43.5. The highest BCUT2D eigenvalue weighted by Gasteiger charge is 2.21. The lowest BCUT2D eigenvalue weighted by Crippen LogP contribution is -2.38. The first-order valence-electron chi connectivity index (χ1n) is 8.00. The van der Waals surface area contributed by atoms with Crippen LogP contribution in [0.3, 0.4) is 0 Å². The van der Waals surface area contributed by atoms with Gasteiger partial charge in [-0.2, -0.15) is 0 Å². The van der Waals surface area contributed by atoms with E-state index >= 15 is 0 Å². The number of methoxy groups -OCH3 is 2. The maximum Gasteiger partial charge on any atom is 0.244 e. The molecule has 136 valence electrons. The van der Waals surface area contributed by atoms with E-state index in [4.69, 9.17) is 14.2 Å². The van der Waals surface area contributed by atoms with Crippen LogP contribution in [0.2, 0.25) is 0 Å². The Kier molecular flexibility index (Phi) is 6.85. The molecular formula is C16H26N2O5S. The van der Waals surface area contributed by atoms with Gasteiger partial charge in [-0.1, -0.05) is 0 Å². The van der Waals surface area contributed by atoms with E-state index in [9.17, 15) is 8.42 Å². The van der Waals surface area contributed by atoms with Gasteiger partial charge in [0.15, 0.2) is 0 Å². The van der Waals surface area contributed by atoms with Gasteiger partial charge in [-0.15, -0.1) is 0 Å². The second-order valence-corrected chi connectivity index (χ2v) is 7.41. The van der Waals surface area contributed by atoms with Gasteiger partial charge in [-0.3, -0.25) is 4.90 Å². The number of hydrogen-bond acceptors (Lipinski definition) is 6. The van der Waals surface area contributed by atoms with Gasteiger partial charge >= 0.3 is 0 Å². The molecule has 0 radical (unpaired) electrons. The van der Waals surface area contributed by atoms with Gasteiger partial charge in [0, 0.05) is 25.7 Å². The van der Waals surface area contributed by atoms with Gasteiger partial charge in [0.2, 0.25) is 10.0 Å². The van der Waals surface area contributed by atoms with Crippen molar-refractivity contribution in [3.63, 3.8) is 0 Å². The Hall–Kier alpha value is -1.35. The van der Waals surface area contributed by atoms with E-state index in [2.05, 4.69) is 9.62 Å². The summed E-state index contributed by atoms with van der Waals surface area (Å²) >= 11 is 0. The average molecular weight is 358 g/mol. The smallest absolute Gasteiger partial charge is 0.244 e. The highest BCUT2D eigenvalue weighted by atomic mass is 32.2. The summed E-state index contributed by atoms with van der Waals surface area (Å²) in [5.41, 5.74) is 0.820. The molecule has 0 bridgehead atoms. The summed E-state index contributed by atoms with van der Waals surface area (Å²) in [6.45, 7) is 6.34. The van der Waals surface area contributed by atoms with Gasteiger partial charge in [0.1, 0.15) is 16.4 Å². The lowest BCUT2D eigenvalue weighted by Gasteiger charge is -2.26. The summed E-state index contributed by atoms with van der Waals surface area (Å²) in [7, 11) is -0.682. The van der Waals surface area contributed by atoms with E-state index in [1.165, 1.54) is 20.3 Å². The van der Waals surface area contributed by atoms with Crippen molar-refractivity contribution in [3.8, 4) is 11.5 Å². The Morgan fingerprint density at radius 2 is 1.83 bits per heavy atom. The quantitative estimate of drug-likeness (QED) is 0.699. The molecule has 1 N–H and O–H groups in total. The highest BCUT2D eigenvalue weighted by molar-refractivity contribution is 7.89. The monoisotopic (exact) mass is 358 g/mol. The highest BCUT2D eigenvalue weighted by Crippen LogP contribution is 2.31. The first kappa shape index (κ1) is 19.0. The standard InChI is InChI=1S/C16H26N2O5S/c1-13-11-15(22-3)16(12-14(13)21-2)24(19,20)17-5-4-6-18-7-9-23-10-8-18/h11-12,17H,4-10H2,1-3H3. The van der Waals surface area contributed by atoms with Gasteiger partial charge in [0.05, 0.1) is 27.4 Å². The fourth-order valence-electron chi connectivity index (χ4n) is 2.64. The van der Waals surface area contributed by atoms with Gasteiger partial charge < -0.3 is 14.2 Å². The fourth-order valence-corrected chi connectivity index (χ4v) is 3.88. The summed E-state index contributed by atoms with van der Waals surface area (Å²) in [5.74, 6) is 0.832. The first-order chi connectivity index (χ1) is 11.5. The van der Waals surface area contributed by atoms with Crippen molar-refractivity contribution >= 4 is 10.0 Å². The SMILES string of the molecule is COc1cc(S(=O)(=O)NCCCN2CCOCC2)c(OC)cc1C. The van der Waals surface area contributed by atoms with Gasteiger partial charge in [0.25, 0.3) is 0 Å². The van der Waals surface area contributed by atoms with E-state index < -0.39 is 10.0 Å². The molecule has 1 aliphatic heterocycles. The van der Waals surface area contributed by atoms with Crippen molar-refractivity contribution in [1.29, 1.82) is 0 Å². The van der Waals surface area contributed by atoms with Crippen LogP contribution < -0.4 is 14.2 Å². The number of ether oxygens (including phenoxy) is 3. The summed E-state index contributed by atoms with van der Waals surface area (Å²) in [6, 6.07) is 3.17. The number of benzene rings is 1. The lowest BCUT2D eigenvalue weighted by molar-refractivity contribution is 0.0376. The summed E-state index contributed by atoms with van der Waals surface area (Å²) in [5, 5.41) is 0. The Balaban J connectivity index is 1.98. The normalized spacial score (nSPS) is 16.1. The molecule has 1 heterocycles. The largest absolute Gasteiger partial charge is 0.496 e. The average Bonchev–Trinajstić information content (AvgIpc) is 2.59. The molecule has 1 aromatic carbocycles. The van der Waals surface area contributed by atoms with Crippen molar-refractivity contribution in [2.75, 3.05) is 53.6 Å². The number of nitrogens with zero attached hydrogens (tertiary/aromatic N) is 1. The zero-order valence-electron chi connectivity index (χ0n) is 14.5. The molecule has 2 rings (SSSR count). The van der Waals surface area contributed by atoms with Crippen LogP contribution in [0.4, 0.5) is 0 Å². The van der Waals surface area contributed by atoms with Crippen LogP contribution in [-0.2, 0) is 14.8 Å². The number of nitrogens with one attached hydrogen (secondary N) is 1. The van der Waals surface area contributed by atoms with Gasteiger partial charge in [-0.05, 0) is 31.5 Å². The van der Waals surface area contributed by atoms with E-state index in [1.54, 1.807) is 6.07 Å². The second-order valence-electron chi connectivity index (χ2n) is 5.68. The number of aryl methyl sites for hydroxylation is 1. The van der Waals surface area contributed by atoms with Crippen molar-refractivity contribution in [3.05, 3.63) is 17.7 Å². The Morgan fingerprint density at radius 3 is 2.46 bits per heavy atom. The van der Waals surface area contributed by atoms with E-state index in [1.807, 2.05) is 6.92 Å². The molecule has 8 heteroatoms. The molecule has 1 fully saturated rings. The number of rotatable bonds is 8. The van der Waals surface area contributed by atoms with Crippen LogP contribution in [0, 0.1) is 6.92 Å². The van der Waals surface area contributed by atoms with Crippen LogP contribution in [0.5, 0.6) is 11.5 Å². The Morgan fingerprint density at radius 1 is 1.17 bits per heavy atom. The number of hydrogen-bond donors (Lipinski definition) is 1. The molecule has 0 aromatic heterocycles. The maximum absolute atomic E-state index is 12.6. The molecule has 0 spiro atoms. The van der Waals surface area contributed by atoms with Crippen LogP contribution in [0.15, 0.2) is 17.0 Å².